The molecule has 32 heavy (non-hydrogen) atoms. The highest BCUT2D eigenvalue weighted by Crippen LogP contribution is 2.19. The molecule has 3 aromatic carbocycles. The molecule has 0 bridgehead atoms. The molecule has 3 N–H and O–H groups in total. The second-order valence-corrected chi connectivity index (χ2v) is 6.98. The molecule has 0 aliphatic rings. The summed E-state index contributed by atoms with van der Waals surface area (Å²) in [4.78, 5) is 25.0. The monoisotopic (exact) mass is 426 g/mol. The maximum absolute atomic E-state index is 12.5. The molecule has 4 rings (SSSR count). The molecule has 0 fully saturated rings. The number of nitrogens with zero attached hydrogens (tertiary/aromatic N) is 1. The molecule has 1 heterocycles. The molecule has 1 aromatic heterocycles. The van der Waals surface area contributed by atoms with Crippen molar-refractivity contribution >= 4 is 23.2 Å². The summed E-state index contributed by atoms with van der Waals surface area (Å²) < 4.78 is 5.40. The van der Waals surface area contributed by atoms with Crippen molar-refractivity contribution in [1.82, 2.24) is 10.2 Å². The highest BCUT2D eigenvalue weighted by molar-refractivity contribution is 6.06. The largest absolute Gasteiger partial charge is 0.494 e. The highest BCUT2D eigenvalue weighted by atomic mass is 16.5. The van der Waals surface area contributed by atoms with Gasteiger partial charge in [-0.3, -0.25) is 14.7 Å². The average molecular weight is 426 g/mol. The number of benzene rings is 3. The van der Waals surface area contributed by atoms with Crippen LogP contribution in [0.2, 0.25) is 0 Å². The molecular formula is C25H22N4O3. The number of rotatable bonds is 7. The summed E-state index contributed by atoms with van der Waals surface area (Å²) in [6.45, 7) is 2.50. The molecule has 4 aromatic rings. The van der Waals surface area contributed by atoms with Crippen molar-refractivity contribution in [3.63, 3.8) is 0 Å². The fourth-order valence-corrected chi connectivity index (χ4v) is 3.10. The van der Waals surface area contributed by atoms with E-state index in [9.17, 15) is 9.59 Å². The van der Waals surface area contributed by atoms with E-state index in [1.807, 2.05) is 37.3 Å². The Bertz CT molecular complexity index is 1200. The standard InChI is InChI=1S/C25H22N4O3/c1-2-32-21-14-12-20(13-15-21)26-24(30)18-8-10-19(11-9-18)27-25(31)23-16-22(28-29-23)17-6-4-3-5-7-17/h3-16H,2H2,1H3,(H,26,30)(H,27,31)(H,28,29). The van der Waals surface area contributed by atoms with E-state index in [1.165, 1.54) is 0 Å². The summed E-state index contributed by atoms with van der Waals surface area (Å²) in [6, 6.07) is 25.1. The first-order valence-electron chi connectivity index (χ1n) is 10.2. The summed E-state index contributed by atoms with van der Waals surface area (Å²) in [5.41, 5.74) is 3.68. The van der Waals surface area contributed by atoms with Gasteiger partial charge in [-0.05, 0) is 61.5 Å². The lowest BCUT2D eigenvalue weighted by Gasteiger charge is -2.08. The van der Waals surface area contributed by atoms with E-state index in [4.69, 9.17) is 4.74 Å². The van der Waals surface area contributed by atoms with Gasteiger partial charge >= 0.3 is 0 Å². The number of aromatic amines is 1. The van der Waals surface area contributed by atoms with Gasteiger partial charge in [0.15, 0.2) is 0 Å². The number of ether oxygens (including phenoxy) is 1. The lowest BCUT2D eigenvalue weighted by Crippen LogP contribution is -2.14. The summed E-state index contributed by atoms with van der Waals surface area (Å²) >= 11 is 0. The second kappa shape index (κ2) is 9.61. The van der Waals surface area contributed by atoms with Gasteiger partial charge in [0.2, 0.25) is 0 Å². The number of hydrogen-bond acceptors (Lipinski definition) is 4. The molecule has 0 unspecified atom stereocenters. The Balaban J connectivity index is 1.36. The van der Waals surface area contributed by atoms with E-state index in [-0.39, 0.29) is 11.8 Å². The van der Waals surface area contributed by atoms with Crippen LogP contribution in [0, 0.1) is 0 Å². The van der Waals surface area contributed by atoms with Gasteiger partial charge in [-0.15, -0.1) is 0 Å². The summed E-state index contributed by atoms with van der Waals surface area (Å²) in [6.07, 6.45) is 0. The Kier molecular flexibility index (Phi) is 6.27. The Morgan fingerprint density at radius 1 is 0.844 bits per heavy atom. The van der Waals surface area contributed by atoms with E-state index in [1.54, 1.807) is 54.6 Å². The van der Waals surface area contributed by atoms with Gasteiger partial charge in [-0.2, -0.15) is 5.10 Å². The van der Waals surface area contributed by atoms with E-state index in [2.05, 4.69) is 20.8 Å². The Morgan fingerprint density at radius 2 is 1.47 bits per heavy atom. The number of aromatic nitrogens is 2. The van der Waals surface area contributed by atoms with Crippen LogP contribution in [0.3, 0.4) is 0 Å². The van der Waals surface area contributed by atoms with Gasteiger partial charge in [0.1, 0.15) is 11.4 Å². The fourth-order valence-electron chi connectivity index (χ4n) is 3.10. The van der Waals surface area contributed by atoms with E-state index >= 15 is 0 Å². The molecule has 7 heteroatoms. The van der Waals surface area contributed by atoms with Crippen LogP contribution < -0.4 is 15.4 Å². The van der Waals surface area contributed by atoms with E-state index in [0.29, 0.717) is 34.9 Å². The van der Waals surface area contributed by atoms with E-state index < -0.39 is 0 Å². The van der Waals surface area contributed by atoms with Crippen molar-refractivity contribution in [3.8, 4) is 17.0 Å². The minimum atomic E-state index is -0.314. The SMILES string of the molecule is CCOc1ccc(NC(=O)c2ccc(NC(=O)c3cc(-c4ccccc4)n[nH]3)cc2)cc1. The number of carbonyl (C=O) groups is 2. The lowest BCUT2D eigenvalue weighted by atomic mass is 10.1. The minimum absolute atomic E-state index is 0.242. The van der Waals surface area contributed by atoms with Crippen LogP contribution in [-0.2, 0) is 0 Å². The van der Waals surface area contributed by atoms with Crippen LogP contribution in [0.25, 0.3) is 11.3 Å². The third kappa shape index (κ3) is 5.02. The molecular weight excluding hydrogens is 404 g/mol. The van der Waals surface area contributed by atoms with Crippen molar-refractivity contribution in [2.45, 2.75) is 6.92 Å². The van der Waals surface area contributed by atoms with Gasteiger partial charge in [0, 0.05) is 22.5 Å². The third-order valence-corrected chi connectivity index (χ3v) is 4.72. The molecule has 0 saturated carbocycles. The number of carbonyl (C=O) groups excluding carboxylic acids is 2. The Labute approximate surface area is 185 Å². The summed E-state index contributed by atoms with van der Waals surface area (Å²) in [5.74, 6) is 0.193. The third-order valence-electron chi connectivity index (χ3n) is 4.72. The average Bonchev–Trinajstić information content (AvgIpc) is 3.32. The zero-order valence-corrected chi connectivity index (χ0v) is 17.5. The van der Waals surface area contributed by atoms with Gasteiger partial charge in [-0.1, -0.05) is 30.3 Å². The maximum atomic E-state index is 12.5. The lowest BCUT2D eigenvalue weighted by molar-refractivity contribution is 0.101. The van der Waals surface area contributed by atoms with Crippen molar-refractivity contribution < 1.29 is 14.3 Å². The highest BCUT2D eigenvalue weighted by Gasteiger charge is 2.12. The van der Waals surface area contributed by atoms with Crippen molar-refractivity contribution in [1.29, 1.82) is 0 Å². The molecule has 2 amide bonds. The topological polar surface area (TPSA) is 96.1 Å². The molecule has 0 saturated heterocycles. The van der Waals surface area contributed by atoms with Crippen molar-refractivity contribution in [2.75, 3.05) is 17.2 Å². The molecule has 0 radical (unpaired) electrons. The Hall–Kier alpha value is -4.39. The predicted octanol–water partition coefficient (Wildman–Crippen LogP) is 4.98. The molecule has 0 spiro atoms. The van der Waals surface area contributed by atoms with Crippen LogP contribution in [0.1, 0.15) is 27.8 Å². The smallest absolute Gasteiger partial charge is 0.273 e. The number of amides is 2. The maximum Gasteiger partial charge on any atom is 0.273 e. The second-order valence-electron chi connectivity index (χ2n) is 6.98. The van der Waals surface area contributed by atoms with Crippen molar-refractivity contribution in [2.24, 2.45) is 0 Å². The zero-order chi connectivity index (χ0) is 22.3. The first kappa shape index (κ1) is 20.9. The van der Waals surface area contributed by atoms with Gasteiger partial charge < -0.3 is 15.4 Å². The Morgan fingerprint density at radius 3 is 2.12 bits per heavy atom. The van der Waals surface area contributed by atoms with Crippen LogP contribution >= 0.6 is 0 Å². The minimum Gasteiger partial charge on any atom is -0.494 e. The van der Waals surface area contributed by atoms with Crippen LogP contribution in [-0.4, -0.2) is 28.6 Å². The summed E-state index contributed by atoms with van der Waals surface area (Å²) in [5, 5.41) is 12.6. The molecule has 0 aliphatic carbocycles. The van der Waals surface area contributed by atoms with Gasteiger partial charge in [-0.25, -0.2) is 0 Å². The number of H-pyrrole nitrogens is 1. The van der Waals surface area contributed by atoms with E-state index in [0.717, 1.165) is 11.3 Å². The zero-order valence-electron chi connectivity index (χ0n) is 17.5. The first-order valence-corrected chi connectivity index (χ1v) is 10.2. The summed E-state index contributed by atoms with van der Waals surface area (Å²) in [7, 11) is 0. The van der Waals surface area contributed by atoms with Crippen LogP contribution in [0.15, 0.2) is 84.9 Å². The number of nitrogens with one attached hydrogen (secondary N) is 3. The van der Waals surface area contributed by atoms with Crippen LogP contribution in [0.4, 0.5) is 11.4 Å². The molecule has 0 aliphatic heterocycles. The predicted molar refractivity (Wildman–Crippen MR) is 124 cm³/mol. The molecule has 0 atom stereocenters. The van der Waals surface area contributed by atoms with Crippen LogP contribution in [0.5, 0.6) is 5.75 Å². The van der Waals surface area contributed by atoms with Gasteiger partial charge in [0.05, 0.1) is 12.3 Å². The quantitative estimate of drug-likeness (QED) is 0.388. The fraction of sp³-hybridized carbons (Fsp3) is 0.0800. The molecule has 7 nitrogen and oxygen atoms in total. The molecule has 160 valence electrons. The van der Waals surface area contributed by atoms with Gasteiger partial charge in [0.25, 0.3) is 11.8 Å². The number of anilines is 2. The number of hydrogen-bond donors (Lipinski definition) is 3. The normalized spacial score (nSPS) is 10.4. The first-order chi connectivity index (χ1) is 15.6. The van der Waals surface area contributed by atoms with Crippen molar-refractivity contribution in [3.05, 3.63) is 96.2 Å².